The van der Waals surface area contributed by atoms with Crippen LogP contribution in [0, 0.1) is 0 Å². The third kappa shape index (κ3) is 2.62. The smallest absolute Gasteiger partial charge is 0.225 e. The molecule has 4 heteroatoms. The van der Waals surface area contributed by atoms with Crippen molar-refractivity contribution in [3.63, 3.8) is 0 Å². The highest BCUT2D eigenvalue weighted by Crippen LogP contribution is 2.44. The van der Waals surface area contributed by atoms with Gasteiger partial charge in [-0.05, 0) is 28.7 Å². The van der Waals surface area contributed by atoms with E-state index in [0.29, 0.717) is 31.3 Å². The molecule has 0 bridgehead atoms. The first kappa shape index (κ1) is 15.1. The van der Waals surface area contributed by atoms with Crippen LogP contribution in [0.15, 0.2) is 36.4 Å². The second kappa shape index (κ2) is 5.86. The number of benzene rings is 2. The molecule has 2 heterocycles. The van der Waals surface area contributed by atoms with Crippen LogP contribution in [0.3, 0.4) is 0 Å². The zero-order valence-electron chi connectivity index (χ0n) is 14.0. The van der Waals surface area contributed by atoms with Gasteiger partial charge < -0.3 is 14.8 Å². The lowest BCUT2D eigenvalue weighted by molar-refractivity contribution is -0.116. The summed E-state index contributed by atoms with van der Waals surface area (Å²) in [7, 11) is 0. The van der Waals surface area contributed by atoms with E-state index in [2.05, 4.69) is 43.4 Å². The molecule has 2 aliphatic rings. The van der Waals surface area contributed by atoms with Crippen LogP contribution in [-0.2, 0) is 4.79 Å². The van der Waals surface area contributed by atoms with E-state index in [1.54, 1.807) is 0 Å². The number of carbonyl (C=O) groups excluding carboxylic acids is 1. The summed E-state index contributed by atoms with van der Waals surface area (Å²) in [6.07, 6.45) is 0.452. The molecule has 2 aliphatic heterocycles. The molecule has 4 rings (SSSR count). The maximum Gasteiger partial charge on any atom is 0.225 e. The molecule has 1 unspecified atom stereocenters. The van der Waals surface area contributed by atoms with Crippen LogP contribution in [0.25, 0.3) is 0 Å². The van der Waals surface area contributed by atoms with E-state index in [0.717, 1.165) is 22.6 Å². The van der Waals surface area contributed by atoms with Gasteiger partial charge in [-0.1, -0.05) is 38.1 Å². The van der Waals surface area contributed by atoms with E-state index < -0.39 is 0 Å². The predicted molar refractivity (Wildman–Crippen MR) is 93.1 cm³/mol. The maximum atomic E-state index is 12.2. The summed E-state index contributed by atoms with van der Waals surface area (Å²) in [5.74, 6) is 2.05. The first-order valence-corrected chi connectivity index (χ1v) is 8.45. The highest BCUT2D eigenvalue weighted by atomic mass is 16.6. The summed E-state index contributed by atoms with van der Waals surface area (Å²) in [5, 5.41) is 2.96. The lowest BCUT2D eigenvalue weighted by Crippen LogP contribution is -2.24. The van der Waals surface area contributed by atoms with Crippen molar-refractivity contribution in [3.05, 3.63) is 53.1 Å². The second-order valence-corrected chi connectivity index (χ2v) is 6.71. The zero-order valence-corrected chi connectivity index (χ0v) is 14.0. The van der Waals surface area contributed by atoms with Gasteiger partial charge in [-0.25, -0.2) is 0 Å². The number of amides is 1. The normalized spacial score (nSPS) is 19.0. The molecule has 0 saturated carbocycles. The largest absolute Gasteiger partial charge is 0.486 e. The minimum Gasteiger partial charge on any atom is -0.486 e. The first-order chi connectivity index (χ1) is 11.6. The minimum absolute atomic E-state index is 0.0390. The van der Waals surface area contributed by atoms with Crippen LogP contribution in [0.2, 0.25) is 0 Å². The lowest BCUT2D eigenvalue weighted by atomic mass is 9.84. The minimum atomic E-state index is 0.0390. The van der Waals surface area contributed by atoms with Gasteiger partial charge in [0.2, 0.25) is 5.91 Å². The van der Waals surface area contributed by atoms with Gasteiger partial charge in [0.1, 0.15) is 13.2 Å². The second-order valence-electron chi connectivity index (χ2n) is 6.71. The van der Waals surface area contributed by atoms with Crippen molar-refractivity contribution in [2.45, 2.75) is 32.1 Å². The third-order valence-corrected chi connectivity index (χ3v) is 4.76. The molecule has 0 radical (unpaired) electrons. The molecule has 1 N–H and O–H groups in total. The van der Waals surface area contributed by atoms with Crippen LogP contribution < -0.4 is 14.8 Å². The maximum absolute atomic E-state index is 12.2. The SMILES string of the molecule is CC(C)c1ccc(C2CC(=O)Nc3cc4c(cc32)OCCO4)cc1. The Morgan fingerprint density at radius 2 is 1.71 bits per heavy atom. The van der Waals surface area contributed by atoms with Gasteiger partial charge in [0.25, 0.3) is 0 Å². The van der Waals surface area contributed by atoms with Crippen molar-refractivity contribution in [2.24, 2.45) is 0 Å². The molecule has 0 aliphatic carbocycles. The molecule has 2 aromatic carbocycles. The number of anilines is 1. The van der Waals surface area contributed by atoms with E-state index in [-0.39, 0.29) is 11.8 Å². The third-order valence-electron chi connectivity index (χ3n) is 4.76. The van der Waals surface area contributed by atoms with Gasteiger partial charge in [-0.2, -0.15) is 0 Å². The molecular weight excluding hydrogens is 302 g/mol. The molecule has 0 saturated heterocycles. The highest BCUT2D eigenvalue weighted by Gasteiger charge is 2.29. The Morgan fingerprint density at radius 3 is 2.38 bits per heavy atom. The summed E-state index contributed by atoms with van der Waals surface area (Å²) in [6, 6.07) is 12.5. The lowest BCUT2D eigenvalue weighted by Gasteiger charge is -2.29. The summed E-state index contributed by atoms with van der Waals surface area (Å²) in [5.41, 5.74) is 4.39. The van der Waals surface area contributed by atoms with Crippen molar-refractivity contribution < 1.29 is 14.3 Å². The zero-order chi connectivity index (χ0) is 16.7. The van der Waals surface area contributed by atoms with Crippen LogP contribution >= 0.6 is 0 Å². The highest BCUT2D eigenvalue weighted by molar-refractivity contribution is 5.96. The molecule has 0 aromatic heterocycles. The summed E-state index contributed by atoms with van der Waals surface area (Å²) in [6.45, 7) is 5.47. The topological polar surface area (TPSA) is 47.6 Å². The van der Waals surface area contributed by atoms with Crippen LogP contribution in [0.1, 0.15) is 48.8 Å². The van der Waals surface area contributed by atoms with Gasteiger partial charge in [0.05, 0.1) is 0 Å². The Balaban J connectivity index is 1.76. The van der Waals surface area contributed by atoms with Crippen LogP contribution in [0.5, 0.6) is 11.5 Å². The number of fused-ring (bicyclic) bond motifs is 2. The Labute approximate surface area is 141 Å². The monoisotopic (exact) mass is 323 g/mol. The van der Waals surface area contributed by atoms with Gasteiger partial charge in [-0.15, -0.1) is 0 Å². The number of hydrogen-bond acceptors (Lipinski definition) is 3. The quantitative estimate of drug-likeness (QED) is 0.907. The average molecular weight is 323 g/mol. The Hall–Kier alpha value is -2.49. The van der Waals surface area contributed by atoms with E-state index in [1.165, 1.54) is 5.56 Å². The molecule has 0 spiro atoms. The number of ether oxygens (including phenoxy) is 2. The fourth-order valence-corrected chi connectivity index (χ4v) is 3.41. The fourth-order valence-electron chi connectivity index (χ4n) is 3.41. The molecule has 2 aromatic rings. The number of carbonyl (C=O) groups is 1. The van der Waals surface area contributed by atoms with Gasteiger partial charge in [0.15, 0.2) is 11.5 Å². The fraction of sp³-hybridized carbons (Fsp3) is 0.350. The average Bonchev–Trinajstić information content (AvgIpc) is 2.59. The van der Waals surface area contributed by atoms with E-state index >= 15 is 0 Å². The summed E-state index contributed by atoms with van der Waals surface area (Å²) < 4.78 is 11.3. The van der Waals surface area contributed by atoms with Gasteiger partial charge >= 0.3 is 0 Å². The Bertz CT molecular complexity index is 780. The molecule has 0 fully saturated rings. The summed E-state index contributed by atoms with van der Waals surface area (Å²) >= 11 is 0. The Morgan fingerprint density at radius 1 is 1.04 bits per heavy atom. The van der Waals surface area contributed by atoms with Crippen molar-refractivity contribution in [2.75, 3.05) is 18.5 Å². The predicted octanol–water partition coefficient (Wildman–Crippen LogP) is 4.06. The molecule has 124 valence electrons. The Kier molecular flexibility index (Phi) is 3.68. The molecule has 1 atom stereocenters. The first-order valence-electron chi connectivity index (χ1n) is 8.45. The van der Waals surface area contributed by atoms with Crippen molar-refractivity contribution in [3.8, 4) is 11.5 Å². The van der Waals surface area contributed by atoms with E-state index in [9.17, 15) is 4.79 Å². The van der Waals surface area contributed by atoms with Gasteiger partial charge in [-0.3, -0.25) is 4.79 Å². The van der Waals surface area contributed by atoms with Crippen LogP contribution in [0.4, 0.5) is 5.69 Å². The van der Waals surface area contributed by atoms with Gasteiger partial charge in [0, 0.05) is 24.1 Å². The number of nitrogens with one attached hydrogen (secondary N) is 1. The standard InChI is InChI=1S/C20H21NO3/c1-12(2)13-3-5-14(6-4-13)15-10-20(22)21-17-11-19-18(9-16(15)17)23-7-8-24-19/h3-6,9,11-12,15H,7-8,10H2,1-2H3,(H,21,22). The number of hydrogen-bond donors (Lipinski definition) is 1. The van der Waals surface area contributed by atoms with E-state index in [1.807, 2.05) is 12.1 Å². The summed E-state index contributed by atoms with van der Waals surface area (Å²) in [4.78, 5) is 12.2. The van der Waals surface area contributed by atoms with Crippen LogP contribution in [-0.4, -0.2) is 19.1 Å². The molecule has 24 heavy (non-hydrogen) atoms. The van der Waals surface area contributed by atoms with Crippen molar-refractivity contribution in [1.29, 1.82) is 0 Å². The number of rotatable bonds is 2. The molecule has 4 nitrogen and oxygen atoms in total. The van der Waals surface area contributed by atoms with Crippen molar-refractivity contribution in [1.82, 2.24) is 0 Å². The molecule has 1 amide bonds. The van der Waals surface area contributed by atoms with E-state index in [4.69, 9.17) is 9.47 Å². The van der Waals surface area contributed by atoms with Crippen molar-refractivity contribution >= 4 is 11.6 Å². The molecular formula is C20H21NO3.